The highest BCUT2D eigenvalue weighted by Gasteiger charge is 2.36. The summed E-state index contributed by atoms with van der Waals surface area (Å²) in [6, 6.07) is 7.31. The van der Waals surface area contributed by atoms with Crippen LogP contribution in [-0.2, 0) is 14.6 Å². The Kier molecular flexibility index (Phi) is 6.04. The van der Waals surface area contributed by atoms with Crippen molar-refractivity contribution in [3.63, 3.8) is 0 Å². The van der Waals surface area contributed by atoms with E-state index in [1.54, 1.807) is 4.90 Å². The lowest BCUT2D eigenvalue weighted by molar-refractivity contribution is -0.136. The van der Waals surface area contributed by atoms with Crippen LogP contribution < -0.4 is 10.6 Å². The van der Waals surface area contributed by atoms with Gasteiger partial charge in [0.05, 0.1) is 17.4 Å². The van der Waals surface area contributed by atoms with Crippen molar-refractivity contribution >= 4 is 27.5 Å². The molecule has 8 heteroatoms. The summed E-state index contributed by atoms with van der Waals surface area (Å²) in [7, 11) is -3.06. The molecule has 2 saturated heterocycles. The van der Waals surface area contributed by atoms with Crippen LogP contribution in [0.1, 0.15) is 24.8 Å². The van der Waals surface area contributed by atoms with Crippen LogP contribution in [-0.4, -0.2) is 56.4 Å². The van der Waals surface area contributed by atoms with Crippen LogP contribution in [0.2, 0.25) is 0 Å². The van der Waals surface area contributed by atoms with Crippen molar-refractivity contribution in [1.82, 2.24) is 10.2 Å². The van der Waals surface area contributed by atoms with E-state index in [1.165, 1.54) is 0 Å². The number of rotatable bonds is 4. The standard InChI is InChI=1S/C19H27N3O4S/c1-14-4-6-17(7-5-14)21-19(24)20-11-15-3-2-9-22(12-15)18(23)16-8-10-27(25,26)13-16/h4-7,15-16H,2-3,8-13H2,1H3,(H2,20,21,24). The summed E-state index contributed by atoms with van der Waals surface area (Å²) in [4.78, 5) is 26.4. The summed E-state index contributed by atoms with van der Waals surface area (Å²) in [5, 5.41) is 5.67. The molecule has 0 saturated carbocycles. The Labute approximate surface area is 160 Å². The van der Waals surface area contributed by atoms with E-state index >= 15 is 0 Å². The van der Waals surface area contributed by atoms with Gasteiger partial charge < -0.3 is 15.5 Å². The molecule has 2 aliphatic heterocycles. The zero-order valence-electron chi connectivity index (χ0n) is 15.6. The summed E-state index contributed by atoms with van der Waals surface area (Å²) in [6.45, 7) is 3.72. The number of nitrogens with zero attached hydrogens (tertiary/aromatic N) is 1. The van der Waals surface area contributed by atoms with E-state index in [1.807, 2.05) is 31.2 Å². The zero-order chi connectivity index (χ0) is 19.4. The van der Waals surface area contributed by atoms with Crippen molar-refractivity contribution < 1.29 is 18.0 Å². The number of carbonyl (C=O) groups is 2. The zero-order valence-corrected chi connectivity index (χ0v) is 16.4. The number of sulfone groups is 1. The monoisotopic (exact) mass is 393 g/mol. The SMILES string of the molecule is Cc1ccc(NC(=O)NCC2CCCN(C(=O)C3CCS(=O)(=O)C3)C2)cc1. The molecule has 27 heavy (non-hydrogen) atoms. The minimum atomic E-state index is -3.06. The molecule has 0 spiro atoms. The number of likely N-dealkylation sites (tertiary alicyclic amines) is 1. The minimum absolute atomic E-state index is 0.0236. The Hall–Kier alpha value is -2.09. The normalized spacial score (nSPS) is 24.4. The molecule has 0 aliphatic carbocycles. The van der Waals surface area contributed by atoms with Crippen molar-refractivity contribution in [1.29, 1.82) is 0 Å². The fraction of sp³-hybridized carbons (Fsp3) is 0.579. The molecule has 3 amide bonds. The van der Waals surface area contributed by atoms with Gasteiger partial charge in [-0.05, 0) is 44.2 Å². The second-order valence-electron chi connectivity index (χ2n) is 7.59. The Morgan fingerprint density at radius 2 is 1.93 bits per heavy atom. The Morgan fingerprint density at radius 1 is 1.19 bits per heavy atom. The predicted molar refractivity (Wildman–Crippen MR) is 104 cm³/mol. The van der Waals surface area contributed by atoms with Gasteiger partial charge in [0.2, 0.25) is 5.91 Å². The van der Waals surface area contributed by atoms with Crippen LogP contribution >= 0.6 is 0 Å². The van der Waals surface area contributed by atoms with Crippen molar-refractivity contribution in [3.05, 3.63) is 29.8 Å². The highest BCUT2D eigenvalue weighted by atomic mass is 32.2. The minimum Gasteiger partial charge on any atom is -0.342 e. The van der Waals surface area contributed by atoms with E-state index in [2.05, 4.69) is 10.6 Å². The predicted octanol–water partition coefficient (Wildman–Crippen LogP) is 1.79. The van der Waals surface area contributed by atoms with Crippen LogP contribution in [0.15, 0.2) is 24.3 Å². The van der Waals surface area contributed by atoms with Gasteiger partial charge in [0, 0.05) is 25.3 Å². The van der Waals surface area contributed by atoms with Gasteiger partial charge in [-0.1, -0.05) is 17.7 Å². The summed E-state index contributed by atoms with van der Waals surface area (Å²) >= 11 is 0. The maximum absolute atomic E-state index is 12.6. The fourth-order valence-corrected chi connectivity index (χ4v) is 5.46. The largest absolute Gasteiger partial charge is 0.342 e. The molecule has 2 aliphatic rings. The van der Waals surface area contributed by atoms with E-state index in [-0.39, 0.29) is 29.4 Å². The third kappa shape index (κ3) is 5.45. The van der Waals surface area contributed by atoms with Crippen LogP contribution in [0, 0.1) is 18.8 Å². The number of aryl methyl sites for hydroxylation is 1. The maximum Gasteiger partial charge on any atom is 0.319 e. The first kappa shape index (κ1) is 19.7. The molecule has 2 N–H and O–H groups in total. The van der Waals surface area contributed by atoms with E-state index in [0.29, 0.717) is 26.1 Å². The van der Waals surface area contributed by atoms with Crippen LogP contribution in [0.4, 0.5) is 10.5 Å². The van der Waals surface area contributed by atoms with Crippen molar-refractivity contribution in [2.24, 2.45) is 11.8 Å². The molecule has 1 aromatic carbocycles. The first-order valence-corrected chi connectivity index (χ1v) is 11.3. The number of hydrogen-bond acceptors (Lipinski definition) is 4. The number of benzene rings is 1. The Morgan fingerprint density at radius 3 is 2.59 bits per heavy atom. The second-order valence-corrected chi connectivity index (χ2v) is 9.82. The van der Waals surface area contributed by atoms with Gasteiger partial charge >= 0.3 is 6.03 Å². The topological polar surface area (TPSA) is 95.6 Å². The fourth-order valence-electron chi connectivity index (χ4n) is 3.73. The lowest BCUT2D eigenvalue weighted by Gasteiger charge is -2.34. The van der Waals surface area contributed by atoms with Gasteiger partial charge in [0.15, 0.2) is 9.84 Å². The quantitative estimate of drug-likeness (QED) is 0.815. The number of hydrogen-bond donors (Lipinski definition) is 2. The molecule has 0 radical (unpaired) electrons. The molecule has 3 rings (SSSR count). The van der Waals surface area contributed by atoms with Crippen molar-refractivity contribution in [3.8, 4) is 0 Å². The van der Waals surface area contributed by atoms with Gasteiger partial charge in [-0.15, -0.1) is 0 Å². The summed E-state index contributed by atoms with van der Waals surface area (Å²) < 4.78 is 23.2. The van der Waals surface area contributed by atoms with E-state index in [0.717, 1.165) is 24.1 Å². The van der Waals surface area contributed by atoms with Gasteiger partial charge in [-0.2, -0.15) is 0 Å². The molecule has 1 aromatic rings. The molecule has 0 aromatic heterocycles. The average molecular weight is 394 g/mol. The number of carbonyl (C=O) groups excluding carboxylic acids is 2. The van der Waals surface area contributed by atoms with Gasteiger partial charge in [0.25, 0.3) is 0 Å². The molecule has 2 fully saturated rings. The molecule has 2 unspecified atom stereocenters. The number of nitrogens with one attached hydrogen (secondary N) is 2. The van der Waals surface area contributed by atoms with E-state index < -0.39 is 15.8 Å². The Bertz CT molecular complexity index is 792. The van der Waals surface area contributed by atoms with Crippen LogP contribution in [0.5, 0.6) is 0 Å². The van der Waals surface area contributed by atoms with Gasteiger partial charge in [-0.3, -0.25) is 4.79 Å². The lowest BCUT2D eigenvalue weighted by atomic mass is 9.96. The lowest BCUT2D eigenvalue weighted by Crippen LogP contribution is -2.46. The average Bonchev–Trinajstić information content (AvgIpc) is 3.01. The first-order valence-electron chi connectivity index (χ1n) is 9.43. The summed E-state index contributed by atoms with van der Waals surface area (Å²) in [6.07, 6.45) is 2.24. The van der Waals surface area contributed by atoms with Crippen LogP contribution in [0.25, 0.3) is 0 Å². The molecular weight excluding hydrogens is 366 g/mol. The third-order valence-electron chi connectivity index (χ3n) is 5.27. The summed E-state index contributed by atoms with van der Waals surface area (Å²) in [5.74, 6) is -0.174. The highest BCUT2D eigenvalue weighted by molar-refractivity contribution is 7.91. The second kappa shape index (κ2) is 8.29. The van der Waals surface area contributed by atoms with Crippen molar-refractivity contribution in [2.45, 2.75) is 26.2 Å². The smallest absolute Gasteiger partial charge is 0.319 e. The molecule has 2 heterocycles. The van der Waals surface area contributed by atoms with E-state index in [4.69, 9.17) is 0 Å². The van der Waals surface area contributed by atoms with E-state index in [9.17, 15) is 18.0 Å². The Balaban J connectivity index is 1.46. The number of amides is 3. The number of piperidine rings is 1. The highest BCUT2D eigenvalue weighted by Crippen LogP contribution is 2.24. The maximum atomic E-state index is 12.6. The molecule has 0 bridgehead atoms. The van der Waals surface area contributed by atoms with Crippen LogP contribution in [0.3, 0.4) is 0 Å². The third-order valence-corrected chi connectivity index (χ3v) is 7.04. The number of anilines is 1. The molecule has 7 nitrogen and oxygen atoms in total. The number of urea groups is 1. The molecule has 2 atom stereocenters. The first-order chi connectivity index (χ1) is 12.8. The van der Waals surface area contributed by atoms with Gasteiger partial charge in [-0.25, -0.2) is 13.2 Å². The van der Waals surface area contributed by atoms with Gasteiger partial charge in [0.1, 0.15) is 0 Å². The summed E-state index contributed by atoms with van der Waals surface area (Å²) in [5.41, 5.74) is 1.86. The molecule has 148 valence electrons. The molecular formula is C19H27N3O4S. The van der Waals surface area contributed by atoms with Crippen molar-refractivity contribution in [2.75, 3.05) is 36.5 Å².